The molecule has 1 aromatic rings. The van der Waals surface area contributed by atoms with Gasteiger partial charge in [-0.25, -0.2) is 0 Å². The minimum atomic E-state index is -0.0373. The number of nitrogens with two attached hydrogens (primary N) is 1. The SMILES string of the molecule is CCN1C(=O)/C(=C\c2ccncc2)OC2CCC(N)CC21. The Bertz CT molecular complexity index is 544. The molecule has 21 heavy (non-hydrogen) atoms. The number of amides is 1. The summed E-state index contributed by atoms with van der Waals surface area (Å²) >= 11 is 0. The Morgan fingerprint density at radius 1 is 1.43 bits per heavy atom. The van der Waals surface area contributed by atoms with Crippen molar-refractivity contribution < 1.29 is 9.53 Å². The van der Waals surface area contributed by atoms with Crippen molar-refractivity contribution in [1.29, 1.82) is 0 Å². The summed E-state index contributed by atoms with van der Waals surface area (Å²) in [6.07, 6.45) is 7.97. The van der Waals surface area contributed by atoms with Gasteiger partial charge >= 0.3 is 0 Å². The molecule has 1 saturated carbocycles. The Labute approximate surface area is 124 Å². The third-order valence-corrected chi connectivity index (χ3v) is 4.29. The fraction of sp³-hybridized carbons (Fsp3) is 0.500. The molecule has 0 bridgehead atoms. The maximum atomic E-state index is 12.6. The van der Waals surface area contributed by atoms with Crippen LogP contribution in [0.1, 0.15) is 31.7 Å². The molecular weight excluding hydrogens is 266 g/mol. The van der Waals surface area contributed by atoms with Crippen LogP contribution < -0.4 is 5.73 Å². The van der Waals surface area contributed by atoms with Crippen molar-refractivity contribution in [1.82, 2.24) is 9.88 Å². The van der Waals surface area contributed by atoms with E-state index in [0.717, 1.165) is 24.8 Å². The maximum Gasteiger partial charge on any atom is 0.289 e. The van der Waals surface area contributed by atoms with Crippen LogP contribution in [-0.4, -0.2) is 40.5 Å². The fourth-order valence-electron chi connectivity index (χ4n) is 3.21. The summed E-state index contributed by atoms with van der Waals surface area (Å²) in [6.45, 7) is 2.69. The van der Waals surface area contributed by atoms with Gasteiger partial charge < -0.3 is 15.4 Å². The Balaban J connectivity index is 1.87. The first-order chi connectivity index (χ1) is 10.2. The summed E-state index contributed by atoms with van der Waals surface area (Å²) in [5.41, 5.74) is 6.97. The second kappa shape index (κ2) is 5.85. The molecule has 3 atom stereocenters. The van der Waals surface area contributed by atoms with Crippen molar-refractivity contribution in [2.75, 3.05) is 6.54 Å². The van der Waals surface area contributed by atoms with Gasteiger partial charge in [0.1, 0.15) is 6.10 Å². The number of likely N-dealkylation sites (N-methyl/N-ethyl adjacent to an activating group) is 1. The molecule has 1 amide bonds. The van der Waals surface area contributed by atoms with Gasteiger partial charge in [-0.1, -0.05) is 0 Å². The molecule has 5 nitrogen and oxygen atoms in total. The van der Waals surface area contributed by atoms with E-state index in [1.807, 2.05) is 24.0 Å². The van der Waals surface area contributed by atoms with Gasteiger partial charge in [0.25, 0.3) is 5.91 Å². The number of carbonyl (C=O) groups is 1. The van der Waals surface area contributed by atoms with Gasteiger partial charge in [-0.3, -0.25) is 9.78 Å². The normalized spacial score (nSPS) is 31.0. The summed E-state index contributed by atoms with van der Waals surface area (Å²) in [5, 5.41) is 0. The Morgan fingerprint density at radius 2 is 2.19 bits per heavy atom. The number of aromatic nitrogens is 1. The summed E-state index contributed by atoms with van der Waals surface area (Å²) in [5.74, 6) is 0.393. The van der Waals surface area contributed by atoms with Crippen LogP contribution in [0.4, 0.5) is 0 Å². The van der Waals surface area contributed by atoms with Gasteiger partial charge in [-0.05, 0) is 50.0 Å². The summed E-state index contributed by atoms with van der Waals surface area (Å²) in [7, 11) is 0. The quantitative estimate of drug-likeness (QED) is 0.838. The highest BCUT2D eigenvalue weighted by Crippen LogP contribution is 2.32. The topological polar surface area (TPSA) is 68.5 Å². The molecule has 2 heterocycles. The zero-order valence-electron chi connectivity index (χ0n) is 12.2. The van der Waals surface area contributed by atoms with Crippen molar-refractivity contribution in [2.24, 2.45) is 5.73 Å². The molecule has 0 radical (unpaired) electrons. The number of morpholine rings is 1. The monoisotopic (exact) mass is 287 g/mol. The first-order valence-corrected chi connectivity index (χ1v) is 7.54. The minimum absolute atomic E-state index is 0.0373. The Hall–Kier alpha value is -1.88. The van der Waals surface area contributed by atoms with Crippen LogP contribution in [0.3, 0.4) is 0 Å². The average Bonchev–Trinajstić information content (AvgIpc) is 2.50. The van der Waals surface area contributed by atoms with Crippen molar-refractivity contribution >= 4 is 12.0 Å². The van der Waals surface area contributed by atoms with Crippen LogP contribution in [0.15, 0.2) is 30.3 Å². The number of carbonyl (C=O) groups excluding carboxylic acids is 1. The minimum Gasteiger partial charge on any atom is -0.482 e. The van der Waals surface area contributed by atoms with Gasteiger partial charge in [0, 0.05) is 25.0 Å². The van der Waals surface area contributed by atoms with E-state index in [1.165, 1.54) is 0 Å². The van der Waals surface area contributed by atoms with Crippen LogP contribution in [0.2, 0.25) is 0 Å². The molecule has 5 heteroatoms. The van der Waals surface area contributed by atoms with E-state index in [0.29, 0.717) is 12.3 Å². The van der Waals surface area contributed by atoms with E-state index in [-0.39, 0.29) is 24.1 Å². The van der Waals surface area contributed by atoms with Crippen LogP contribution in [0.5, 0.6) is 0 Å². The average molecular weight is 287 g/mol. The maximum absolute atomic E-state index is 12.6. The molecular formula is C16H21N3O2. The highest BCUT2D eigenvalue weighted by molar-refractivity contribution is 5.96. The zero-order chi connectivity index (χ0) is 14.8. The number of ether oxygens (including phenoxy) is 1. The highest BCUT2D eigenvalue weighted by atomic mass is 16.5. The predicted molar refractivity (Wildman–Crippen MR) is 80.1 cm³/mol. The number of hydrogen-bond donors (Lipinski definition) is 1. The summed E-state index contributed by atoms with van der Waals surface area (Å²) in [4.78, 5) is 18.5. The van der Waals surface area contributed by atoms with E-state index in [2.05, 4.69) is 4.98 Å². The molecule has 2 aliphatic rings. The molecule has 1 aromatic heterocycles. The van der Waals surface area contributed by atoms with E-state index < -0.39 is 0 Å². The lowest BCUT2D eigenvalue weighted by atomic mass is 9.86. The third-order valence-electron chi connectivity index (χ3n) is 4.29. The second-order valence-corrected chi connectivity index (χ2v) is 5.68. The second-order valence-electron chi connectivity index (χ2n) is 5.68. The zero-order valence-corrected chi connectivity index (χ0v) is 12.2. The number of fused-ring (bicyclic) bond motifs is 1. The molecule has 1 saturated heterocycles. The number of pyridine rings is 1. The molecule has 2 fully saturated rings. The third kappa shape index (κ3) is 2.78. The van der Waals surface area contributed by atoms with E-state index >= 15 is 0 Å². The van der Waals surface area contributed by atoms with Gasteiger partial charge in [-0.15, -0.1) is 0 Å². The van der Waals surface area contributed by atoms with Gasteiger partial charge in [0.05, 0.1) is 6.04 Å². The van der Waals surface area contributed by atoms with Crippen molar-refractivity contribution in [3.05, 3.63) is 35.8 Å². The Morgan fingerprint density at radius 3 is 2.90 bits per heavy atom. The molecule has 1 aliphatic heterocycles. The van der Waals surface area contributed by atoms with Crippen molar-refractivity contribution in [3.63, 3.8) is 0 Å². The fourth-order valence-corrected chi connectivity index (χ4v) is 3.21. The molecule has 0 aromatic carbocycles. The first-order valence-electron chi connectivity index (χ1n) is 7.54. The lowest BCUT2D eigenvalue weighted by Crippen LogP contribution is -2.57. The standard InChI is InChI=1S/C16H21N3O2/c1-2-19-13-10-12(17)3-4-14(13)21-15(16(19)20)9-11-5-7-18-8-6-11/h5-9,12-14H,2-4,10,17H2,1H3/b15-9+. The Kier molecular flexibility index (Phi) is 3.92. The van der Waals surface area contributed by atoms with E-state index in [9.17, 15) is 4.79 Å². The van der Waals surface area contributed by atoms with Crippen LogP contribution in [0, 0.1) is 0 Å². The molecule has 1 aliphatic carbocycles. The largest absolute Gasteiger partial charge is 0.482 e. The summed E-state index contributed by atoms with van der Waals surface area (Å²) in [6, 6.07) is 4.01. The molecule has 3 unspecified atom stereocenters. The molecule has 3 rings (SSSR count). The van der Waals surface area contributed by atoms with Crippen molar-refractivity contribution in [3.8, 4) is 0 Å². The van der Waals surface area contributed by atoms with Gasteiger partial charge in [-0.2, -0.15) is 0 Å². The van der Waals surface area contributed by atoms with Gasteiger partial charge in [0.15, 0.2) is 5.76 Å². The lowest BCUT2D eigenvalue weighted by molar-refractivity contribution is -0.148. The van der Waals surface area contributed by atoms with Crippen LogP contribution >= 0.6 is 0 Å². The van der Waals surface area contributed by atoms with Gasteiger partial charge in [0.2, 0.25) is 0 Å². The van der Waals surface area contributed by atoms with Crippen molar-refractivity contribution in [2.45, 2.75) is 44.4 Å². The molecule has 0 spiro atoms. The van der Waals surface area contributed by atoms with Crippen LogP contribution in [0.25, 0.3) is 6.08 Å². The van der Waals surface area contributed by atoms with E-state index in [1.54, 1.807) is 18.5 Å². The molecule has 112 valence electrons. The number of nitrogens with zero attached hydrogens (tertiary/aromatic N) is 2. The first kappa shape index (κ1) is 14.1. The highest BCUT2D eigenvalue weighted by Gasteiger charge is 2.42. The summed E-state index contributed by atoms with van der Waals surface area (Å²) < 4.78 is 5.98. The smallest absolute Gasteiger partial charge is 0.289 e. The molecule has 2 N–H and O–H groups in total. The van der Waals surface area contributed by atoms with Crippen LogP contribution in [-0.2, 0) is 9.53 Å². The van der Waals surface area contributed by atoms with E-state index in [4.69, 9.17) is 10.5 Å². The number of rotatable bonds is 2. The lowest BCUT2D eigenvalue weighted by Gasteiger charge is -2.45. The number of hydrogen-bond acceptors (Lipinski definition) is 4. The predicted octanol–water partition coefficient (Wildman–Crippen LogP) is 1.55.